The molecule has 0 aliphatic heterocycles. The molecule has 2 nitrogen and oxygen atoms in total. The van der Waals surface area contributed by atoms with Gasteiger partial charge in [0.15, 0.2) is 0 Å². The third kappa shape index (κ3) is 1.63. The highest BCUT2D eigenvalue weighted by Crippen LogP contribution is 2.11. The molecule has 2 rings (SSSR count). The average Bonchev–Trinajstić information content (AvgIpc) is 2.71. The van der Waals surface area contributed by atoms with Gasteiger partial charge in [0, 0.05) is 12.4 Å². The SMILES string of the molecule is NC(c1ccccc1)n1cccc1. The highest BCUT2D eigenvalue weighted by Gasteiger charge is 2.04. The van der Waals surface area contributed by atoms with Crippen LogP contribution in [0.2, 0.25) is 0 Å². The van der Waals surface area contributed by atoms with Crippen LogP contribution in [0.1, 0.15) is 11.7 Å². The first-order chi connectivity index (χ1) is 6.38. The second kappa shape index (κ2) is 3.46. The molecule has 2 aromatic rings. The standard InChI is InChI=1S/C11H12N2/c12-11(13-8-4-5-9-13)10-6-2-1-3-7-10/h1-9,11H,12H2. The third-order valence-electron chi connectivity index (χ3n) is 2.09. The number of benzene rings is 1. The maximum Gasteiger partial charge on any atom is 0.107 e. The number of hydrogen-bond donors (Lipinski definition) is 1. The predicted octanol–water partition coefficient (Wildman–Crippen LogP) is 1.99. The van der Waals surface area contributed by atoms with Crippen LogP contribution in [0.25, 0.3) is 0 Å². The maximum atomic E-state index is 6.02. The van der Waals surface area contributed by atoms with Crippen molar-refractivity contribution >= 4 is 0 Å². The molecule has 0 fully saturated rings. The minimum atomic E-state index is -0.0730. The van der Waals surface area contributed by atoms with E-state index in [1.54, 1.807) is 0 Å². The Balaban J connectivity index is 2.29. The summed E-state index contributed by atoms with van der Waals surface area (Å²) in [4.78, 5) is 0. The lowest BCUT2D eigenvalue weighted by molar-refractivity contribution is 0.614. The van der Waals surface area contributed by atoms with Crippen LogP contribution >= 0.6 is 0 Å². The number of aromatic nitrogens is 1. The monoisotopic (exact) mass is 172 g/mol. The minimum Gasteiger partial charge on any atom is -0.335 e. The maximum absolute atomic E-state index is 6.02. The second-order valence-corrected chi connectivity index (χ2v) is 2.99. The summed E-state index contributed by atoms with van der Waals surface area (Å²) in [5.74, 6) is 0. The van der Waals surface area contributed by atoms with Gasteiger partial charge in [-0.3, -0.25) is 0 Å². The van der Waals surface area contributed by atoms with Gasteiger partial charge >= 0.3 is 0 Å². The summed E-state index contributed by atoms with van der Waals surface area (Å²) in [5.41, 5.74) is 7.15. The van der Waals surface area contributed by atoms with Crippen molar-refractivity contribution in [2.24, 2.45) is 5.73 Å². The molecule has 1 aromatic heterocycles. The van der Waals surface area contributed by atoms with Gasteiger partial charge in [0.05, 0.1) is 0 Å². The Hall–Kier alpha value is -1.54. The molecule has 1 atom stereocenters. The highest BCUT2D eigenvalue weighted by molar-refractivity contribution is 5.19. The summed E-state index contributed by atoms with van der Waals surface area (Å²) in [6.07, 6.45) is 3.87. The van der Waals surface area contributed by atoms with E-state index in [9.17, 15) is 0 Å². The van der Waals surface area contributed by atoms with Gasteiger partial charge < -0.3 is 10.3 Å². The van der Waals surface area contributed by atoms with Crippen LogP contribution in [0.4, 0.5) is 0 Å². The molecule has 0 aliphatic carbocycles. The topological polar surface area (TPSA) is 30.9 Å². The van der Waals surface area contributed by atoms with E-state index in [0.29, 0.717) is 0 Å². The number of rotatable bonds is 2. The molecule has 0 radical (unpaired) electrons. The van der Waals surface area contributed by atoms with Crippen LogP contribution in [-0.4, -0.2) is 4.57 Å². The lowest BCUT2D eigenvalue weighted by Gasteiger charge is -2.13. The van der Waals surface area contributed by atoms with Gasteiger partial charge in [0.2, 0.25) is 0 Å². The molecule has 0 amide bonds. The molecule has 66 valence electrons. The van der Waals surface area contributed by atoms with Gasteiger partial charge in [-0.15, -0.1) is 0 Å². The molecular weight excluding hydrogens is 160 g/mol. The van der Waals surface area contributed by atoms with Crippen molar-refractivity contribution in [1.82, 2.24) is 4.57 Å². The van der Waals surface area contributed by atoms with Crippen molar-refractivity contribution in [3.05, 3.63) is 60.4 Å². The summed E-state index contributed by atoms with van der Waals surface area (Å²) in [5, 5.41) is 0. The fourth-order valence-electron chi connectivity index (χ4n) is 1.36. The van der Waals surface area contributed by atoms with E-state index in [1.807, 2.05) is 59.4 Å². The quantitative estimate of drug-likeness (QED) is 0.738. The summed E-state index contributed by atoms with van der Waals surface area (Å²) >= 11 is 0. The van der Waals surface area contributed by atoms with Crippen molar-refractivity contribution in [3.8, 4) is 0 Å². The zero-order valence-electron chi connectivity index (χ0n) is 7.30. The summed E-state index contributed by atoms with van der Waals surface area (Å²) in [6, 6.07) is 14.0. The molecule has 1 unspecified atom stereocenters. The molecule has 13 heavy (non-hydrogen) atoms. The zero-order chi connectivity index (χ0) is 9.10. The van der Waals surface area contributed by atoms with Crippen LogP contribution in [0.3, 0.4) is 0 Å². The van der Waals surface area contributed by atoms with Gasteiger partial charge in [-0.25, -0.2) is 0 Å². The Kier molecular flexibility index (Phi) is 2.15. The Labute approximate surface area is 77.6 Å². The molecule has 2 heteroatoms. The van der Waals surface area contributed by atoms with E-state index in [4.69, 9.17) is 5.73 Å². The highest BCUT2D eigenvalue weighted by atomic mass is 15.1. The molecule has 1 aromatic carbocycles. The lowest BCUT2D eigenvalue weighted by atomic mass is 10.2. The van der Waals surface area contributed by atoms with Crippen LogP contribution in [0.15, 0.2) is 54.9 Å². The average molecular weight is 172 g/mol. The van der Waals surface area contributed by atoms with Crippen LogP contribution in [0.5, 0.6) is 0 Å². The summed E-state index contributed by atoms with van der Waals surface area (Å²) < 4.78 is 1.98. The number of nitrogens with two attached hydrogens (primary N) is 1. The Morgan fingerprint density at radius 3 is 2.15 bits per heavy atom. The van der Waals surface area contributed by atoms with Gasteiger partial charge in [-0.2, -0.15) is 0 Å². The van der Waals surface area contributed by atoms with E-state index in [-0.39, 0.29) is 6.17 Å². The van der Waals surface area contributed by atoms with Crippen LogP contribution in [-0.2, 0) is 0 Å². The van der Waals surface area contributed by atoms with E-state index in [2.05, 4.69) is 0 Å². The van der Waals surface area contributed by atoms with Crippen molar-refractivity contribution in [2.45, 2.75) is 6.17 Å². The summed E-state index contributed by atoms with van der Waals surface area (Å²) in [6.45, 7) is 0. The van der Waals surface area contributed by atoms with Crippen molar-refractivity contribution in [2.75, 3.05) is 0 Å². The number of hydrogen-bond acceptors (Lipinski definition) is 1. The normalized spacial score (nSPS) is 12.7. The number of nitrogens with zero attached hydrogens (tertiary/aromatic N) is 1. The fourth-order valence-corrected chi connectivity index (χ4v) is 1.36. The van der Waals surface area contributed by atoms with E-state index in [1.165, 1.54) is 0 Å². The Morgan fingerprint density at radius 1 is 0.923 bits per heavy atom. The summed E-state index contributed by atoms with van der Waals surface area (Å²) in [7, 11) is 0. The first-order valence-corrected chi connectivity index (χ1v) is 4.31. The van der Waals surface area contributed by atoms with Gasteiger partial charge in [-0.1, -0.05) is 30.3 Å². The third-order valence-corrected chi connectivity index (χ3v) is 2.09. The molecule has 0 bridgehead atoms. The van der Waals surface area contributed by atoms with E-state index in [0.717, 1.165) is 5.56 Å². The van der Waals surface area contributed by atoms with Gasteiger partial charge in [0.1, 0.15) is 6.17 Å². The van der Waals surface area contributed by atoms with E-state index < -0.39 is 0 Å². The van der Waals surface area contributed by atoms with Crippen molar-refractivity contribution in [3.63, 3.8) is 0 Å². The van der Waals surface area contributed by atoms with Crippen LogP contribution in [0, 0.1) is 0 Å². The lowest BCUT2D eigenvalue weighted by Crippen LogP contribution is -2.17. The smallest absolute Gasteiger partial charge is 0.107 e. The Bertz CT molecular complexity index is 351. The molecule has 0 saturated carbocycles. The minimum absolute atomic E-state index is 0.0730. The van der Waals surface area contributed by atoms with E-state index >= 15 is 0 Å². The second-order valence-electron chi connectivity index (χ2n) is 2.99. The molecule has 2 N–H and O–H groups in total. The molecule has 1 heterocycles. The fraction of sp³-hybridized carbons (Fsp3) is 0.0909. The Morgan fingerprint density at radius 2 is 1.54 bits per heavy atom. The van der Waals surface area contributed by atoms with Crippen molar-refractivity contribution < 1.29 is 0 Å². The van der Waals surface area contributed by atoms with Gasteiger partial charge in [-0.05, 0) is 17.7 Å². The first-order valence-electron chi connectivity index (χ1n) is 4.31. The van der Waals surface area contributed by atoms with Gasteiger partial charge in [0.25, 0.3) is 0 Å². The molecule has 0 aliphatic rings. The molecule has 0 saturated heterocycles. The zero-order valence-corrected chi connectivity index (χ0v) is 7.30. The largest absolute Gasteiger partial charge is 0.335 e. The predicted molar refractivity (Wildman–Crippen MR) is 53.2 cm³/mol. The van der Waals surface area contributed by atoms with Crippen LogP contribution < -0.4 is 5.73 Å². The molecular formula is C11H12N2. The van der Waals surface area contributed by atoms with Crippen molar-refractivity contribution in [1.29, 1.82) is 0 Å². The first kappa shape index (κ1) is 8.08. The molecule has 0 spiro atoms.